The number of hydrogen-bond acceptors (Lipinski definition) is 1. The molecule has 0 atom stereocenters. The van der Waals surface area contributed by atoms with Crippen molar-refractivity contribution in [2.24, 2.45) is 0 Å². The molecular formula is C5H8BFO. The molecule has 0 N–H and O–H groups in total. The third kappa shape index (κ3) is 1.91. The Kier molecular flexibility index (Phi) is 2.45. The predicted octanol–water partition coefficient (Wildman–Crippen LogP) is 1.33. The van der Waals surface area contributed by atoms with Gasteiger partial charge in [-0.05, 0) is 0 Å². The molecule has 0 aliphatic rings. The molecule has 0 aromatic rings. The van der Waals surface area contributed by atoms with E-state index in [1.165, 1.54) is 0 Å². The summed E-state index contributed by atoms with van der Waals surface area (Å²) in [7, 11) is 0. The Morgan fingerprint density at radius 2 is 2.00 bits per heavy atom. The molecule has 3 heteroatoms. The summed E-state index contributed by atoms with van der Waals surface area (Å²) in [6.45, 7) is 5.85. The summed E-state index contributed by atoms with van der Waals surface area (Å²) in [5, 5.41) is 0. The summed E-state index contributed by atoms with van der Waals surface area (Å²) in [4.78, 5) is 10.4. The Bertz CT molecular complexity index is 120. The second kappa shape index (κ2) is 2.65. The molecule has 0 amide bonds. The highest BCUT2D eigenvalue weighted by Crippen LogP contribution is 1.96. The summed E-state index contributed by atoms with van der Waals surface area (Å²) in [6, 6.07) is 0. The average molecular weight is 114 g/mol. The number of hydrogen-bond donors (Lipinski definition) is 0. The fourth-order valence-corrected chi connectivity index (χ4v) is 0.313. The molecule has 0 unspecified atom stereocenters. The molecule has 0 aromatic heterocycles. The van der Waals surface area contributed by atoms with Crippen molar-refractivity contribution >= 4 is 12.4 Å². The maximum Gasteiger partial charge on any atom is 0.226 e. The summed E-state index contributed by atoms with van der Waals surface area (Å²) < 4.78 is 11.8. The lowest BCUT2D eigenvalue weighted by atomic mass is 9.51. The Balaban J connectivity index is 3.84. The Labute approximate surface area is 48.7 Å². The van der Waals surface area contributed by atoms with Gasteiger partial charge in [0.15, 0.2) is 0 Å². The van der Waals surface area contributed by atoms with E-state index in [0.29, 0.717) is 0 Å². The van der Waals surface area contributed by atoms with E-state index < -0.39 is 11.5 Å². The second-order valence-corrected chi connectivity index (χ2v) is 1.92. The Morgan fingerprint density at radius 3 is 2.00 bits per heavy atom. The zero-order valence-corrected chi connectivity index (χ0v) is 5.07. The fourth-order valence-electron chi connectivity index (χ4n) is 0.313. The maximum atomic E-state index is 11.8. The summed E-state index contributed by atoms with van der Waals surface area (Å²) in [5.41, 5.74) is -0.509. The Morgan fingerprint density at radius 1 is 1.62 bits per heavy atom. The van der Waals surface area contributed by atoms with Crippen LogP contribution in [0.15, 0.2) is 12.4 Å². The smallest absolute Gasteiger partial charge is 0.226 e. The van der Waals surface area contributed by atoms with Gasteiger partial charge in [0, 0.05) is 0 Å². The Hall–Kier alpha value is -0.595. The first kappa shape index (κ1) is 7.40. The molecule has 0 rings (SSSR count). The SMILES string of the molecule is C=C(F)C(=O)B(C)C. The van der Waals surface area contributed by atoms with Gasteiger partial charge < -0.3 is 4.79 Å². The van der Waals surface area contributed by atoms with Crippen LogP contribution >= 0.6 is 0 Å². The van der Waals surface area contributed by atoms with Crippen molar-refractivity contribution in [3.05, 3.63) is 12.4 Å². The average Bonchev–Trinajstić information content (AvgIpc) is 1.64. The molecule has 0 spiro atoms. The monoisotopic (exact) mass is 114 g/mol. The molecule has 1 nitrogen and oxygen atoms in total. The van der Waals surface area contributed by atoms with E-state index >= 15 is 0 Å². The molecule has 0 aromatic carbocycles. The number of rotatable bonds is 2. The lowest BCUT2D eigenvalue weighted by Gasteiger charge is -1.92. The number of halogens is 1. The minimum absolute atomic E-state index is 0.271. The van der Waals surface area contributed by atoms with Gasteiger partial charge in [-0.1, -0.05) is 20.2 Å². The highest BCUT2D eigenvalue weighted by atomic mass is 19.1. The van der Waals surface area contributed by atoms with Gasteiger partial charge in [-0.25, -0.2) is 4.39 Å². The van der Waals surface area contributed by atoms with Crippen LogP contribution in [-0.2, 0) is 4.79 Å². The fraction of sp³-hybridized carbons (Fsp3) is 0.400. The van der Waals surface area contributed by atoms with Crippen molar-refractivity contribution in [3.8, 4) is 0 Å². The van der Waals surface area contributed by atoms with Crippen LogP contribution in [0.4, 0.5) is 4.39 Å². The van der Waals surface area contributed by atoms with Gasteiger partial charge >= 0.3 is 0 Å². The standard InChI is InChI=1S/C5H8BFO/c1-4(7)5(8)6(2)3/h1H2,2-3H3. The molecule has 44 valence electrons. The van der Waals surface area contributed by atoms with Gasteiger partial charge in [0.05, 0.1) is 0 Å². The van der Waals surface area contributed by atoms with Crippen LogP contribution < -0.4 is 0 Å². The minimum atomic E-state index is -0.847. The third-order valence-electron chi connectivity index (χ3n) is 0.792. The largest absolute Gasteiger partial charge is 0.303 e. The number of allylic oxidation sites excluding steroid dienone is 1. The molecule has 0 aliphatic carbocycles. The van der Waals surface area contributed by atoms with Gasteiger partial charge in [-0.2, -0.15) is 0 Å². The van der Waals surface area contributed by atoms with Crippen molar-refractivity contribution in [1.29, 1.82) is 0 Å². The molecule has 0 aliphatic heterocycles. The quantitative estimate of drug-likeness (QED) is 0.391. The number of carbonyl (C=O) groups is 1. The molecule has 8 heavy (non-hydrogen) atoms. The van der Waals surface area contributed by atoms with E-state index in [2.05, 4.69) is 6.58 Å². The lowest BCUT2D eigenvalue weighted by molar-refractivity contribution is -0.110. The highest BCUT2D eigenvalue weighted by molar-refractivity contribution is 6.90. The molecule has 0 fully saturated rings. The van der Waals surface area contributed by atoms with Gasteiger partial charge in [0.2, 0.25) is 6.71 Å². The van der Waals surface area contributed by atoms with Gasteiger partial charge in [-0.3, -0.25) is 0 Å². The zero-order chi connectivity index (χ0) is 6.73. The first-order chi connectivity index (χ1) is 3.55. The topological polar surface area (TPSA) is 17.1 Å². The zero-order valence-electron chi connectivity index (χ0n) is 5.07. The van der Waals surface area contributed by atoms with Crippen molar-refractivity contribution in [1.82, 2.24) is 0 Å². The van der Waals surface area contributed by atoms with Crippen molar-refractivity contribution < 1.29 is 9.18 Å². The summed E-state index contributed by atoms with van der Waals surface area (Å²) >= 11 is 0. The minimum Gasteiger partial charge on any atom is -0.303 e. The van der Waals surface area contributed by atoms with Crippen molar-refractivity contribution in [2.45, 2.75) is 13.6 Å². The molecular weight excluding hydrogens is 106 g/mol. The van der Waals surface area contributed by atoms with Crippen LogP contribution in [0.2, 0.25) is 13.6 Å². The van der Waals surface area contributed by atoms with Gasteiger partial charge in [0.1, 0.15) is 11.5 Å². The maximum absolute atomic E-state index is 11.8. The predicted molar refractivity (Wildman–Crippen MR) is 32.7 cm³/mol. The van der Waals surface area contributed by atoms with Crippen molar-refractivity contribution in [2.75, 3.05) is 0 Å². The van der Waals surface area contributed by atoms with Crippen LogP contribution in [0.5, 0.6) is 0 Å². The van der Waals surface area contributed by atoms with Crippen LogP contribution in [0, 0.1) is 0 Å². The van der Waals surface area contributed by atoms with E-state index in [1.807, 2.05) is 0 Å². The van der Waals surface area contributed by atoms with Crippen LogP contribution in [-0.4, -0.2) is 12.4 Å². The number of carbonyl (C=O) groups excluding carboxylic acids is 1. The molecule has 0 radical (unpaired) electrons. The molecule has 0 saturated heterocycles. The van der Waals surface area contributed by atoms with Crippen LogP contribution in [0.1, 0.15) is 0 Å². The lowest BCUT2D eigenvalue weighted by Crippen LogP contribution is -2.17. The van der Waals surface area contributed by atoms with Crippen molar-refractivity contribution in [3.63, 3.8) is 0 Å². The van der Waals surface area contributed by atoms with E-state index in [-0.39, 0.29) is 6.71 Å². The van der Waals surface area contributed by atoms with Gasteiger partial charge in [0.25, 0.3) is 0 Å². The summed E-state index contributed by atoms with van der Waals surface area (Å²) in [6.07, 6.45) is 0. The first-order valence-electron chi connectivity index (χ1n) is 2.44. The van der Waals surface area contributed by atoms with Crippen LogP contribution in [0.25, 0.3) is 0 Å². The van der Waals surface area contributed by atoms with Crippen LogP contribution in [0.3, 0.4) is 0 Å². The first-order valence-corrected chi connectivity index (χ1v) is 2.44. The highest BCUT2D eigenvalue weighted by Gasteiger charge is 2.13. The van der Waals surface area contributed by atoms with E-state index in [1.54, 1.807) is 13.6 Å². The molecule has 0 heterocycles. The third-order valence-corrected chi connectivity index (χ3v) is 0.792. The van der Waals surface area contributed by atoms with E-state index in [9.17, 15) is 9.18 Å². The second-order valence-electron chi connectivity index (χ2n) is 1.92. The normalized spacial score (nSPS) is 8.38. The van der Waals surface area contributed by atoms with E-state index in [4.69, 9.17) is 0 Å². The summed E-state index contributed by atoms with van der Waals surface area (Å²) in [5.74, 6) is -0.847. The molecule has 0 bridgehead atoms. The van der Waals surface area contributed by atoms with E-state index in [0.717, 1.165) is 0 Å². The van der Waals surface area contributed by atoms with Gasteiger partial charge in [-0.15, -0.1) is 0 Å². The molecule has 0 saturated carbocycles.